The summed E-state index contributed by atoms with van der Waals surface area (Å²) >= 11 is 0. The van der Waals surface area contributed by atoms with Crippen LogP contribution in [0.4, 0.5) is 22.9 Å². The molecule has 2 N–H and O–H groups in total. The highest BCUT2D eigenvalue weighted by atomic mass is 16.1. The lowest BCUT2D eigenvalue weighted by molar-refractivity contribution is -0.115. The molecule has 0 aliphatic heterocycles. The van der Waals surface area contributed by atoms with Gasteiger partial charge >= 0.3 is 0 Å². The van der Waals surface area contributed by atoms with Crippen LogP contribution in [0.15, 0.2) is 42.6 Å². The van der Waals surface area contributed by atoms with Gasteiger partial charge in [0.1, 0.15) is 5.82 Å². The second kappa shape index (κ2) is 8.17. The van der Waals surface area contributed by atoms with Crippen molar-refractivity contribution in [1.82, 2.24) is 4.98 Å². The molecule has 2 rings (SSSR count). The van der Waals surface area contributed by atoms with Gasteiger partial charge in [-0.05, 0) is 50.2 Å². The van der Waals surface area contributed by atoms with E-state index in [-0.39, 0.29) is 5.91 Å². The molecule has 0 saturated carbocycles. The predicted octanol–water partition coefficient (Wildman–Crippen LogP) is 4.02. The Morgan fingerprint density at radius 3 is 2.17 bits per heavy atom. The summed E-state index contributed by atoms with van der Waals surface area (Å²) in [5.41, 5.74) is 2.91. The number of hydrogen-bond acceptors (Lipinski definition) is 4. The Morgan fingerprint density at radius 1 is 1.00 bits per heavy atom. The van der Waals surface area contributed by atoms with E-state index in [9.17, 15) is 4.79 Å². The van der Waals surface area contributed by atoms with Crippen molar-refractivity contribution in [3.8, 4) is 0 Å². The molecular formula is C18H24N4O. The molecule has 1 aromatic heterocycles. The molecule has 23 heavy (non-hydrogen) atoms. The summed E-state index contributed by atoms with van der Waals surface area (Å²) < 4.78 is 0. The number of carbonyl (C=O) groups is 1. The maximum atomic E-state index is 11.3. The maximum absolute atomic E-state index is 11.3. The highest BCUT2D eigenvalue weighted by Crippen LogP contribution is 2.20. The first-order valence-corrected chi connectivity index (χ1v) is 8.04. The summed E-state index contributed by atoms with van der Waals surface area (Å²) in [5, 5.41) is 6.04. The van der Waals surface area contributed by atoms with Gasteiger partial charge < -0.3 is 15.5 Å². The van der Waals surface area contributed by atoms with E-state index < -0.39 is 0 Å². The SMILES string of the molecule is CCC(=O)Nc1ccc(Nc2ccc(N(CC)CC)cc2)nc1. The second-order valence-corrected chi connectivity index (χ2v) is 5.18. The third-order valence-electron chi connectivity index (χ3n) is 3.64. The van der Waals surface area contributed by atoms with Crippen LogP contribution in [0.5, 0.6) is 0 Å². The second-order valence-electron chi connectivity index (χ2n) is 5.18. The first-order valence-electron chi connectivity index (χ1n) is 8.04. The number of nitrogens with one attached hydrogen (secondary N) is 2. The van der Waals surface area contributed by atoms with E-state index in [0.29, 0.717) is 12.1 Å². The quantitative estimate of drug-likeness (QED) is 0.811. The van der Waals surface area contributed by atoms with Crippen molar-refractivity contribution in [1.29, 1.82) is 0 Å². The molecule has 0 radical (unpaired) electrons. The lowest BCUT2D eigenvalue weighted by atomic mass is 10.2. The normalized spacial score (nSPS) is 10.2. The molecule has 1 heterocycles. The summed E-state index contributed by atoms with van der Waals surface area (Å²) in [7, 11) is 0. The number of hydrogen-bond donors (Lipinski definition) is 2. The Labute approximate surface area is 137 Å². The average Bonchev–Trinajstić information content (AvgIpc) is 2.59. The van der Waals surface area contributed by atoms with Crippen molar-refractivity contribution < 1.29 is 4.79 Å². The first kappa shape index (κ1) is 16.8. The van der Waals surface area contributed by atoms with Crippen molar-refractivity contribution in [3.63, 3.8) is 0 Å². The smallest absolute Gasteiger partial charge is 0.224 e. The third-order valence-corrected chi connectivity index (χ3v) is 3.64. The fourth-order valence-corrected chi connectivity index (χ4v) is 2.28. The number of nitrogens with zero attached hydrogens (tertiary/aromatic N) is 2. The van der Waals surface area contributed by atoms with Gasteiger partial charge in [0.25, 0.3) is 0 Å². The minimum atomic E-state index is -0.0144. The molecule has 0 fully saturated rings. The number of benzene rings is 1. The van der Waals surface area contributed by atoms with Gasteiger partial charge in [0.2, 0.25) is 5.91 Å². The van der Waals surface area contributed by atoms with Crippen LogP contribution in [0.25, 0.3) is 0 Å². The van der Waals surface area contributed by atoms with Gasteiger partial charge in [-0.25, -0.2) is 4.98 Å². The first-order chi connectivity index (χ1) is 11.2. The van der Waals surface area contributed by atoms with Crippen LogP contribution >= 0.6 is 0 Å². The predicted molar refractivity (Wildman–Crippen MR) is 96.4 cm³/mol. The van der Waals surface area contributed by atoms with Crippen molar-refractivity contribution in [3.05, 3.63) is 42.6 Å². The fraction of sp³-hybridized carbons (Fsp3) is 0.333. The van der Waals surface area contributed by atoms with Crippen LogP contribution in [0, 0.1) is 0 Å². The molecule has 0 aliphatic rings. The van der Waals surface area contributed by atoms with Crippen molar-refractivity contribution in [2.45, 2.75) is 27.2 Å². The van der Waals surface area contributed by atoms with Gasteiger partial charge in [-0.2, -0.15) is 0 Å². The molecule has 1 aromatic carbocycles. The fourth-order valence-electron chi connectivity index (χ4n) is 2.28. The van der Waals surface area contributed by atoms with E-state index in [1.54, 1.807) is 6.20 Å². The van der Waals surface area contributed by atoms with Crippen LogP contribution < -0.4 is 15.5 Å². The van der Waals surface area contributed by atoms with Gasteiger partial charge in [-0.1, -0.05) is 6.92 Å². The lowest BCUT2D eigenvalue weighted by Gasteiger charge is -2.21. The van der Waals surface area contributed by atoms with Crippen molar-refractivity contribution in [2.24, 2.45) is 0 Å². The maximum Gasteiger partial charge on any atom is 0.224 e. The highest BCUT2D eigenvalue weighted by Gasteiger charge is 2.03. The lowest BCUT2D eigenvalue weighted by Crippen LogP contribution is -2.21. The molecule has 5 heteroatoms. The van der Waals surface area contributed by atoms with Crippen molar-refractivity contribution >= 4 is 28.8 Å². The molecular weight excluding hydrogens is 288 g/mol. The van der Waals surface area contributed by atoms with E-state index in [0.717, 1.165) is 24.6 Å². The number of rotatable bonds is 7. The molecule has 0 atom stereocenters. The summed E-state index contributed by atoms with van der Waals surface area (Å²) in [6.07, 6.45) is 2.11. The zero-order valence-corrected chi connectivity index (χ0v) is 14.0. The Balaban J connectivity index is 2.00. The number of aromatic nitrogens is 1. The van der Waals surface area contributed by atoms with Gasteiger partial charge in [0.05, 0.1) is 11.9 Å². The zero-order valence-electron chi connectivity index (χ0n) is 14.0. The van der Waals surface area contributed by atoms with E-state index in [4.69, 9.17) is 0 Å². The van der Waals surface area contributed by atoms with Gasteiger partial charge in [0.15, 0.2) is 0 Å². The van der Waals surface area contributed by atoms with Crippen LogP contribution in [-0.2, 0) is 4.79 Å². The zero-order chi connectivity index (χ0) is 16.7. The van der Waals surface area contributed by atoms with Gasteiger partial charge in [0, 0.05) is 30.9 Å². The summed E-state index contributed by atoms with van der Waals surface area (Å²) in [4.78, 5) is 17.9. The van der Waals surface area contributed by atoms with Gasteiger partial charge in [-0.15, -0.1) is 0 Å². The topological polar surface area (TPSA) is 57.3 Å². The summed E-state index contributed by atoms with van der Waals surface area (Å²) in [6, 6.07) is 12.0. The monoisotopic (exact) mass is 312 g/mol. The standard InChI is InChI=1S/C18H24N4O/c1-4-18(23)21-15-9-12-17(19-13-15)20-14-7-10-16(11-8-14)22(5-2)6-3/h7-13H,4-6H2,1-3H3,(H,19,20)(H,21,23). The molecule has 2 aromatic rings. The molecule has 0 unspecified atom stereocenters. The molecule has 5 nitrogen and oxygen atoms in total. The summed E-state index contributed by atoms with van der Waals surface area (Å²) in [6.45, 7) is 8.11. The van der Waals surface area contributed by atoms with E-state index in [2.05, 4.69) is 46.5 Å². The average molecular weight is 312 g/mol. The molecule has 0 bridgehead atoms. The van der Waals surface area contributed by atoms with Crippen LogP contribution in [0.1, 0.15) is 27.2 Å². The Bertz CT molecular complexity index is 618. The summed E-state index contributed by atoms with van der Waals surface area (Å²) in [5.74, 6) is 0.731. The largest absolute Gasteiger partial charge is 0.372 e. The Hall–Kier alpha value is -2.56. The molecule has 1 amide bonds. The van der Waals surface area contributed by atoms with Crippen LogP contribution in [-0.4, -0.2) is 24.0 Å². The molecule has 0 saturated heterocycles. The minimum Gasteiger partial charge on any atom is -0.372 e. The van der Waals surface area contributed by atoms with E-state index in [1.807, 2.05) is 31.2 Å². The Morgan fingerprint density at radius 2 is 1.65 bits per heavy atom. The number of amides is 1. The Kier molecular flexibility index (Phi) is 5.97. The number of carbonyl (C=O) groups excluding carboxylic acids is 1. The number of anilines is 4. The highest BCUT2D eigenvalue weighted by molar-refractivity contribution is 5.90. The molecule has 122 valence electrons. The third kappa shape index (κ3) is 4.71. The number of pyridine rings is 1. The van der Waals surface area contributed by atoms with Gasteiger partial charge in [-0.3, -0.25) is 4.79 Å². The minimum absolute atomic E-state index is 0.0144. The van der Waals surface area contributed by atoms with Crippen molar-refractivity contribution in [2.75, 3.05) is 28.6 Å². The molecule has 0 spiro atoms. The van der Waals surface area contributed by atoms with Crippen LogP contribution in [0.2, 0.25) is 0 Å². The molecule has 0 aliphatic carbocycles. The van der Waals surface area contributed by atoms with Crippen LogP contribution in [0.3, 0.4) is 0 Å². The van der Waals surface area contributed by atoms with E-state index in [1.165, 1.54) is 5.69 Å². The van der Waals surface area contributed by atoms with E-state index >= 15 is 0 Å².